The number of rotatable bonds is 13. The molecule has 0 aliphatic carbocycles. The SMILES string of the molecule is CCCCCCCCOC(=O)[C@@]1(Cc2ccccc2)NCCC1n1c(-c2ccccc2-c2nn[nH]n2)nc2ccccc21. The fourth-order valence-corrected chi connectivity index (χ4v) is 6.40. The molecule has 3 aromatic carbocycles. The van der Waals surface area contributed by atoms with E-state index < -0.39 is 5.54 Å². The number of aromatic nitrogens is 6. The van der Waals surface area contributed by atoms with Gasteiger partial charge >= 0.3 is 5.97 Å². The van der Waals surface area contributed by atoms with Crippen LogP contribution in [0.5, 0.6) is 0 Å². The van der Waals surface area contributed by atoms with Crippen molar-refractivity contribution in [1.29, 1.82) is 0 Å². The Morgan fingerprint density at radius 3 is 2.49 bits per heavy atom. The van der Waals surface area contributed by atoms with Crippen LogP contribution in [0.1, 0.15) is 63.5 Å². The molecule has 0 radical (unpaired) electrons. The zero-order valence-electron chi connectivity index (χ0n) is 24.7. The number of carbonyl (C=O) groups excluding carboxylic acids is 1. The molecule has 0 bridgehead atoms. The maximum absolute atomic E-state index is 14.3. The molecule has 5 aromatic rings. The molecule has 0 spiro atoms. The maximum Gasteiger partial charge on any atom is 0.328 e. The van der Waals surface area contributed by atoms with Gasteiger partial charge in [0.2, 0.25) is 5.82 Å². The fraction of sp³-hybridized carbons (Fsp3) is 0.382. The molecule has 222 valence electrons. The van der Waals surface area contributed by atoms with Gasteiger partial charge in [-0.05, 0) is 42.3 Å². The maximum atomic E-state index is 14.3. The lowest BCUT2D eigenvalue weighted by atomic mass is 9.84. The van der Waals surface area contributed by atoms with E-state index in [2.05, 4.69) is 55.6 Å². The molecular formula is C34H39N7O2. The predicted octanol–water partition coefficient (Wildman–Crippen LogP) is 6.30. The van der Waals surface area contributed by atoms with Crippen molar-refractivity contribution in [2.75, 3.05) is 13.2 Å². The van der Waals surface area contributed by atoms with Crippen molar-refractivity contribution in [3.63, 3.8) is 0 Å². The first-order chi connectivity index (χ1) is 21.2. The molecule has 1 unspecified atom stereocenters. The summed E-state index contributed by atoms with van der Waals surface area (Å²) >= 11 is 0. The van der Waals surface area contributed by atoms with E-state index in [1.807, 2.05) is 60.7 Å². The number of para-hydroxylation sites is 2. The first-order valence-electron chi connectivity index (χ1n) is 15.5. The highest BCUT2D eigenvalue weighted by Crippen LogP contribution is 2.42. The van der Waals surface area contributed by atoms with Gasteiger partial charge in [0, 0.05) is 17.5 Å². The summed E-state index contributed by atoms with van der Waals surface area (Å²) in [6, 6.07) is 26.0. The standard InChI is InChI=1S/C34H39N7O2/c1-2-3-4-5-6-14-23-43-33(42)34(24-25-15-8-7-9-16-25)30(21-22-35-34)41-29-20-13-12-19-28(29)36-32(41)27-18-11-10-17-26(27)31-37-39-40-38-31/h7-13,15-20,30,35H,2-6,14,21-24H2,1H3,(H,37,38,39,40)/t30?,34-/m0/s1. The minimum Gasteiger partial charge on any atom is -0.464 e. The number of esters is 1. The number of nitrogens with zero attached hydrogens (tertiary/aromatic N) is 5. The topological polar surface area (TPSA) is 111 Å². The fourth-order valence-electron chi connectivity index (χ4n) is 6.40. The Hall–Kier alpha value is -4.37. The molecule has 9 heteroatoms. The second kappa shape index (κ2) is 13.3. The lowest BCUT2D eigenvalue weighted by Gasteiger charge is -2.35. The van der Waals surface area contributed by atoms with Gasteiger partial charge in [-0.15, -0.1) is 10.2 Å². The number of fused-ring (bicyclic) bond motifs is 1. The number of unbranched alkanes of at least 4 members (excludes halogenated alkanes) is 5. The molecular weight excluding hydrogens is 538 g/mol. The van der Waals surface area contributed by atoms with Crippen LogP contribution in [-0.4, -0.2) is 54.8 Å². The number of nitrogens with one attached hydrogen (secondary N) is 2. The molecule has 2 aromatic heterocycles. The van der Waals surface area contributed by atoms with Crippen LogP contribution in [0, 0.1) is 0 Å². The van der Waals surface area contributed by atoms with Crippen LogP contribution in [0.3, 0.4) is 0 Å². The van der Waals surface area contributed by atoms with Gasteiger partial charge in [0.05, 0.1) is 23.7 Å². The lowest BCUT2D eigenvalue weighted by Crippen LogP contribution is -2.55. The van der Waals surface area contributed by atoms with Crippen molar-refractivity contribution in [3.8, 4) is 22.8 Å². The van der Waals surface area contributed by atoms with Gasteiger partial charge < -0.3 is 9.30 Å². The second-order valence-electron chi connectivity index (χ2n) is 11.3. The van der Waals surface area contributed by atoms with E-state index in [9.17, 15) is 4.79 Å². The number of H-pyrrole nitrogens is 1. The van der Waals surface area contributed by atoms with Crippen molar-refractivity contribution in [2.45, 2.75) is 69.9 Å². The molecule has 2 N–H and O–H groups in total. The summed E-state index contributed by atoms with van der Waals surface area (Å²) in [7, 11) is 0. The zero-order chi connectivity index (χ0) is 29.5. The molecule has 43 heavy (non-hydrogen) atoms. The molecule has 0 amide bonds. The van der Waals surface area contributed by atoms with Crippen molar-refractivity contribution in [3.05, 3.63) is 84.4 Å². The average Bonchev–Trinajstić information content (AvgIpc) is 3.80. The normalized spacial score (nSPS) is 18.3. The van der Waals surface area contributed by atoms with Crippen molar-refractivity contribution >= 4 is 17.0 Å². The molecule has 1 saturated heterocycles. The summed E-state index contributed by atoms with van der Waals surface area (Å²) in [4.78, 5) is 19.4. The number of ether oxygens (including phenoxy) is 1. The smallest absolute Gasteiger partial charge is 0.328 e. The summed E-state index contributed by atoms with van der Waals surface area (Å²) in [6.45, 7) is 3.33. The average molecular weight is 578 g/mol. The Morgan fingerprint density at radius 1 is 0.930 bits per heavy atom. The first-order valence-corrected chi connectivity index (χ1v) is 15.5. The van der Waals surface area contributed by atoms with Gasteiger partial charge in [-0.1, -0.05) is 106 Å². The number of aromatic amines is 1. The van der Waals surface area contributed by atoms with Crippen molar-refractivity contribution in [1.82, 2.24) is 35.5 Å². The minimum atomic E-state index is -0.969. The van der Waals surface area contributed by atoms with Crippen LogP contribution in [0.4, 0.5) is 0 Å². The van der Waals surface area contributed by atoms with Crippen LogP contribution in [-0.2, 0) is 16.0 Å². The monoisotopic (exact) mass is 577 g/mol. The molecule has 6 rings (SSSR count). The molecule has 0 saturated carbocycles. The third kappa shape index (κ3) is 5.95. The summed E-state index contributed by atoms with van der Waals surface area (Å²) in [6.07, 6.45) is 8.07. The van der Waals surface area contributed by atoms with E-state index in [0.717, 1.165) is 52.8 Å². The van der Waals surface area contributed by atoms with Crippen LogP contribution in [0.25, 0.3) is 33.8 Å². The third-order valence-corrected chi connectivity index (χ3v) is 8.51. The largest absolute Gasteiger partial charge is 0.464 e. The van der Waals surface area contributed by atoms with Gasteiger partial charge in [0.1, 0.15) is 11.4 Å². The van der Waals surface area contributed by atoms with E-state index in [0.29, 0.717) is 25.4 Å². The van der Waals surface area contributed by atoms with Gasteiger partial charge in [-0.3, -0.25) is 5.32 Å². The summed E-state index contributed by atoms with van der Waals surface area (Å²) in [5, 5.41) is 18.5. The Labute approximate surface area is 252 Å². The highest BCUT2D eigenvalue weighted by atomic mass is 16.5. The number of tetrazole rings is 1. The number of hydrogen-bond donors (Lipinski definition) is 2. The Balaban J connectivity index is 1.41. The molecule has 3 heterocycles. The van der Waals surface area contributed by atoms with Crippen molar-refractivity contribution < 1.29 is 9.53 Å². The van der Waals surface area contributed by atoms with Crippen LogP contribution < -0.4 is 5.32 Å². The predicted molar refractivity (Wildman–Crippen MR) is 167 cm³/mol. The third-order valence-electron chi connectivity index (χ3n) is 8.51. The number of hydrogen-bond acceptors (Lipinski definition) is 7. The number of imidazole rings is 1. The minimum absolute atomic E-state index is 0.206. The van der Waals surface area contributed by atoms with Gasteiger partial charge in [0.25, 0.3) is 0 Å². The molecule has 1 aliphatic rings. The van der Waals surface area contributed by atoms with Crippen molar-refractivity contribution in [2.24, 2.45) is 0 Å². The summed E-state index contributed by atoms with van der Waals surface area (Å²) < 4.78 is 8.35. The van der Waals surface area contributed by atoms with Crippen LogP contribution >= 0.6 is 0 Å². The molecule has 1 fully saturated rings. The Bertz CT molecular complexity index is 1630. The summed E-state index contributed by atoms with van der Waals surface area (Å²) in [5.41, 5.74) is 3.63. The zero-order valence-corrected chi connectivity index (χ0v) is 24.7. The van der Waals surface area contributed by atoms with Gasteiger partial charge in [-0.25, -0.2) is 9.78 Å². The van der Waals surface area contributed by atoms with E-state index in [1.54, 1.807) is 0 Å². The lowest BCUT2D eigenvalue weighted by molar-refractivity contribution is -0.152. The van der Waals surface area contributed by atoms with Crippen LogP contribution in [0.2, 0.25) is 0 Å². The highest BCUT2D eigenvalue weighted by molar-refractivity contribution is 5.87. The Morgan fingerprint density at radius 2 is 1.67 bits per heavy atom. The quantitative estimate of drug-likeness (QED) is 0.125. The van der Waals surface area contributed by atoms with E-state index in [-0.39, 0.29) is 12.0 Å². The second-order valence-corrected chi connectivity index (χ2v) is 11.3. The Kier molecular flexibility index (Phi) is 8.88. The van der Waals surface area contributed by atoms with E-state index >= 15 is 0 Å². The van der Waals surface area contributed by atoms with Gasteiger partial charge in [0.15, 0.2) is 0 Å². The number of benzene rings is 3. The number of carbonyl (C=O) groups is 1. The van der Waals surface area contributed by atoms with Crippen LogP contribution in [0.15, 0.2) is 78.9 Å². The molecule has 9 nitrogen and oxygen atoms in total. The highest BCUT2D eigenvalue weighted by Gasteiger charge is 2.52. The molecule has 2 atom stereocenters. The van der Waals surface area contributed by atoms with E-state index in [4.69, 9.17) is 9.72 Å². The summed E-state index contributed by atoms with van der Waals surface area (Å²) in [5.74, 6) is 1.05. The van der Waals surface area contributed by atoms with Gasteiger partial charge in [-0.2, -0.15) is 5.21 Å². The first kappa shape index (κ1) is 28.7. The molecule has 1 aliphatic heterocycles. The van der Waals surface area contributed by atoms with E-state index in [1.165, 1.54) is 25.7 Å².